The Labute approximate surface area is 232 Å². The van der Waals surface area contributed by atoms with Crippen molar-refractivity contribution in [2.24, 2.45) is 11.8 Å². The van der Waals surface area contributed by atoms with Gasteiger partial charge in [-0.1, -0.05) is 48.9 Å². The van der Waals surface area contributed by atoms with E-state index in [2.05, 4.69) is 41.5 Å². The van der Waals surface area contributed by atoms with Gasteiger partial charge in [-0.25, -0.2) is 13.6 Å². The number of rotatable bonds is 9. The number of aromatic nitrogens is 1. The van der Waals surface area contributed by atoms with E-state index in [9.17, 15) is 18.7 Å². The first-order valence-corrected chi connectivity index (χ1v) is 13.8. The second-order valence-corrected chi connectivity index (χ2v) is 11.5. The third kappa shape index (κ3) is 5.60. The zero-order valence-electron chi connectivity index (χ0n) is 21.9. The van der Waals surface area contributed by atoms with Crippen molar-refractivity contribution >= 4 is 23.3 Å². The van der Waals surface area contributed by atoms with E-state index < -0.39 is 17.9 Å². The predicted octanol–water partition coefficient (Wildman–Crippen LogP) is 7.70. The standard InChI is InChI=1S/C31H33ClF2N2O3/c1-20(19-39-25-9-14-35-27(18-25)28(33)34)15-22-16-21-5-2-3-8-26(21)30(22)10-12-31(13-11-30,29(37)38)36-24-7-4-6-23(32)17-24/h2-9,14,17-18,20,22,28,36H,10-13,15-16,19H2,1H3,(H,37,38)/t20-,22?,30?,31?/m1/s1. The quantitative estimate of drug-likeness (QED) is 0.283. The number of aliphatic carboxylic acids is 1. The van der Waals surface area contributed by atoms with Gasteiger partial charge in [0.05, 0.1) is 6.61 Å². The highest BCUT2D eigenvalue weighted by atomic mass is 35.5. The molecule has 0 aliphatic heterocycles. The molecule has 2 atom stereocenters. The van der Waals surface area contributed by atoms with E-state index in [4.69, 9.17) is 16.3 Å². The molecule has 1 unspecified atom stereocenters. The number of carbonyl (C=O) groups is 1. The number of ether oxygens (including phenoxy) is 1. The number of benzene rings is 2. The molecule has 2 aliphatic rings. The minimum Gasteiger partial charge on any atom is -0.493 e. The maximum absolute atomic E-state index is 13.0. The predicted molar refractivity (Wildman–Crippen MR) is 148 cm³/mol. The van der Waals surface area contributed by atoms with Gasteiger partial charge >= 0.3 is 5.97 Å². The number of fused-ring (bicyclic) bond motifs is 2. The minimum absolute atomic E-state index is 0.112. The molecule has 2 N–H and O–H groups in total. The summed E-state index contributed by atoms with van der Waals surface area (Å²) in [5.41, 5.74) is 1.91. The van der Waals surface area contributed by atoms with Gasteiger partial charge in [-0.3, -0.25) is 4.98 Å². The van der Waals surface area contributed by atoms with E-state index in [0.717, 1.165) is 25.7 Å². The lowest BCUT2D eigenvalue weighted by Gasteiger charge is -2.47. The molecule has 1 saturated carbocycles. The molecular formula is C31H33ClF2N2O3. The Morgan fingerprint density at radius 1 is 1.13 bits per heavy atom. The number of pyridine rings is 1. The maximum atomic E-state index is 13.0. The van der Waals surface area contributed by atoms with E-state index in [-0.39, 0.29) is 17.0 Å². The summed E-state index contributed by atoms with van der Waals surface area (Å²) in [7, 11) is 0. The SMILES string of the molecule is C[C@@H](COc1ccnc(C(F)F)c1)CC1Cc2ccccc2C12CCC(Nc1cccc(Cl)c1)(C(=O)O)CC2. The summed E-state index contributed by atoms with van der Waals surface area (Å²) in [6.45, 7) is 2.53. The van der Waals surface area contributed by atoms with Gasteiger partial charge in [0.15, 0.2) is 0 Å². The van der Waals surface area contributed by atoms with Crippen LogP contribution in [0, 0.1) is 11.8 Å². The van der Waals surface area contributed by atoms with Crippen LogP contribution in [0.15, 0.2) is 66.9 Å². The maximum Gasteiger partial charge on any atom is 0.329 e. The van der Waals surface area contributed by atoms with Gasteiger partial charge in [0.1, 0.15) is 17.0 Å². The van der Waals surface area contributed by atoms with Crippen molar-refractivity contribution in [1.29, 1.82) is 0 Å². The first-order valence-electron chi connectivity index (χ1n) is 13.4. The molecule has 39 heavy (non-hydrogen) atoms. The highest BCUT2D eigenvalue weighted by Crippen LogP contribution is 2.56. The Hall–Kier alpha value is -3.19. The number of hydrogen-bond acceptors (Lipinski definition) is 4. The summed E-state index contributed by atoms with van der Waals surface area (Å²) in [6, 6.07) is 18.6. The third-order valence-electron chi connectivity index (χ3n) is 8.61. The second kappa shape index (κ2) is 11.1. The molecular weight excluding hydrogens is 522 g/mol. The molecule has 0 bridgehead atoms. The fraction of sp³-hybridized carbons (Fsp3) is 0.419. The summed E-state index contributed by atoms with van der Waals surface area (Å²) in [6.07, 6.45) is 3.04. The molecule has 0 saturated heterocycles. The summed E-state index contributed by atoms with van der Waals surface area (Å²) in [4.78, 5) is 16.3. The molecule has 1 aromatic heterocycles. The fourth-order valence-corrected chi connectivity index (χ4v) is 6.83. The normalized spacial score (nSPS) is 24.9. The van der Waals surface area contributed by atoms with Crippen LogP contribution < -0.4 is 10.1 Å². The molecule has 1 fully saturated rings. The van der Waals surface area contributed by atoms with Crippen LogP contribution in [0.5, 0.6) is 5.75 Å². The van der Waals surface area contributed by atoms with Gasteiger partial charge in [0.2, 0.25) is 0 Å². The topological polar surface area (TPSA) is 71.5 Å². The van der Waals surface area contributed by atoms with Gasteiger partial charge in [-0.15, -0.1) is 0 Å². The zero-order valence-corrected chi connectivity index (χ0v) is 22.6. The monoisotopic (exact) mass is 554 g/mol. The largest absolute Gasteiger partial charge is 0.493 e. The van der Waals surface area contributed by atoms with Crippen LogP contribution in [0.4, 0.5) is 14.5 Å². The average Bonchev–Trinajstić information content (AvgIpc) is 3.21. The molecule has 0 radical (unpaired) electrons. The molecule has 2 aromatic carbocycles. The highest BCUT2D eigenvalue weighted by molar-refractivity contribution is 6.30. The number of carboxylic acids is 1. The number of alkyl halides is 2. The smallest absolute Gasteiger partial charge is 0.329 e. The summed E-state index contributed by atoms with van der Waals surface area (Å²) >= 11 is 6.16. The molecule has 5 rings (SSSR count). The third-order valence-corrected chi connectivity index (χ3v) is 8.85. The Morgan fingerprint density at radius 3 is 2.62 bits per heavy atom. The number of halogens is 3. The molecule has 0 amide bonds. The number of nitrogens with zero attached hydrogens (tertiary/aromatic N) is 1. The van der Waals surface area contributed by atoms with Crippen molar-refractivity contribution in [3.8, 4) is 5.75 Å². The summed E-state index contributed by atoms with van der Waals surface area (Å²) < 4.78 is 31.9. The van der Waals surface area contributed by atoms with Gasteiger partial charge in [-0.05, 0) is 91.2 Å². The van der Waals surface area contributed by atoms with Crippen molar-refractivity contribution in [3.05, 3.63) is 88.7 Å². The van der Waals surface area contributed by atoms with Crippen molar-refractivity contribution in [2.45, 2.75) is 62.8 Å². The van der Waals surface area contributed by atoms with Crippen LogP contribution in [0.3, 0.4) is 0 Å². The van der Waals surface area contributed by atoms with Crippen LogP contribution in [0.1, 0.15) is 62.3 Å². The van der Waals surface area contributed by atoms with Crippen LogP contribution in [0.25, 0.3) is 0 Å². The molecule has 206 valence electrons. The highest BCUT2D eigenvalue weighted by Gasteiger charge is 2.54. The lowest BCUT2D eigenvalue weighted by molar-refractivity contribution is -0.144. The van der Waals surface area contributed by atoms with Crippen LogP contribution >= 0.6 is 11.6 Å². The first kappa shape index (κ1) is 27.4. The van der Waals surface area contributed by atoms with Crippen molar-refractivity contribution in [1.82, 2.24) is 4.98 Å². The average molecular weight is 555 g/mol. The number of carboxylic acid groups (broad SMARTS) is 1. The molecule has 3 aromatic rings. The summed E-state index contributed by atoms with van der Waals surface area (Å²) in [5, 5.41) is 14.2. The summed E-state index contributed by atoms with van der Waals surface area (Å²) in [5.74, 6) is 0.0654. The van der Waals surface area contributed by atoms with E-state index in [1.807, 2.05) is 12.1 Å². The zero-order chi connectivity index (χ0) is 27.6. The Morgan fingerprint density at radius 2 is 1.90 bits per heavy atom. The molecule has 1 heterocycles. The lowest BCUT2D eigenvalue weighted by atomic mass is 9.59. The number of nitrogens with one attached hydrogen (secondary N) is 1. The van der Waals surface area contributed by atoms with E-state index in [1.165, 1.54) is 23.4 Å². The van der Waals surface area contributed by atoms with Crippen molar-refractivity contribution in [3.63, 3.8) is 0 Å². The van der Waals surface area contributed by atoms with Crippen molar-refractivity contribution in [2.75, 3.05) is 11.9 Å². The van der Waals surface area contributed by atoms with Crippen LogP contribution in [0.2, 0.25) is 5.02 Å². The van der Waals surface area contributed by atoms with Gasteiger partial charge < -0.3 is 15.2 Å². The second-order valence-electron chi connectivity index (χ2n) is 11.1. The fourth-order valence-electron chi connectivity index (χ4n) is 6.64. The van der Waals surface area contributed by atoms with Crippen molar-refractivity contribution < 1.29 is 23.4 Å². The number of hydrogen-bond donors (Lipinski definition) is 2. The van der Waals surface area contributed by atoms with Gasteiger partial charge in [0.25, 0.3) is 6.43 Å². The Kier molecular flexibility index (Phi) is 7.81. The Balaban J connectivity index is 1.32. The molecule has 1 spiro atoms. The first-order chi connectivity index (χ1) is 18.7. The molecule has 5 nitrogen and oxygen atoms in total. The Bertz CT molecular complexity index is 1330. The van der Waals surface area contributed by atoms with Crippen LogP contribution in [-0.2, 0) is 16.6 Å². The molecule has 2 aliphatic carbocycles. The van der Waals surface area contributed by atoms with E-state index >= 15 is 0 Å². The van der Waals surface area contributed by atoms with E-state index in [1.54, 1.807) is 18.2 Å². The molecule has 8 heteroatoms. The lowest BCUT2D eigenvalue weighted by Crippen LogP contribution is -2.53. The van der Waals surface area contributed by atoms with Gasteiger partial charge in [-0.2, -0.15) is 0 Å². The number of anilines is 1. The van der Waals surface area contributed by atoms with Crippen LogP contribution in [-0.4, -0.2) is 28.2 Å². The minimum atomic E-state index is -2.64. The van der Waals surface area contributed by atoms with Gasteiger partial charge in [0, 0.05) is 23.0 Å². The van der Waals surface area contributed by atoms with E-state index in [0.29, 0.717) is 41.8 Å².